The minimum absolute atomic E-state index is 0.0366. The minimum atomic E-state index is -1.82. The molecule has 1 atom stereocenters. The summed E-state index contributed by atoms with van der Waals surface area (Å²) in [5.41, 5.74) is 3.20. The first-order valence-electron chi connectivity index (χ1n) is 12.2. The second-order valence-corrected chi connectivity index (χ2v) is 8.98. The number of fused-ring (bicyclic) bond motifs is 1. The predicted octanol–water partition coefficient (Wildman–Crippen LogP) is 2.29. The number of aromatic nitrogens is 2. The molecule has 3 heterocycles. The largest absolute Gasteiger partial charge is 0.497 e. The molecule has 0 aliphatic carbocycles. The number of aromatic amines is 1. The van der Waals surface area contributed by atoms with Crippen molar-refractivity contribution in [2.75, 3.05) is 56.2 Å². The number of piperazine rings is 1. The zero-order chi connectivity index (χ0) is 26.4. The Bertz CT molecular complexity index is 1190. The van der Waals surface area contributed by atoms with Crippen molar-refractivity contribution >= 4 is 40.5 Å². The Morgan fingerprint density at radius 2 is 1.59 bits per heavy atom. The molecule has 3 aromatic rings. The number of methoxy groups -OCH3 is 1. The van der Waals surface area contributed by atoms with Crippen molar-refractivity contribution in [3.05, 3.63) is 48.5 Å². The number of aliphatic carboxylic acids is 2. The van der Waals surface area contributed by atoms with Crippen LogP contribution < -0.4 is 14.5 Å². The number of carboxylic acids is 2. The van der Waals surface area contributed by atoms with E-state index in [9.17, 15) is 4.79 Å². The van der Waals surface area contributed by atoms with Crippen molar-refractivity contribution in [1.29, 1.82) is 0 Å². The summed E-state index contributed by atoms with van der Waals surface area (Å²) in [6.07, 6.45) is 1.97. The summed E-state index contributed by atoms with van der Waals surface area (Å²) in [4.78, 5) is 46.2. The Morgan fingerprint density at radius 1 is 0.919 bits per heavy atom. The molecule has 1 aromatic heterocycles. The summed E-state index contributed by atoms with van der Waals surface area (Å²) in [6, 6.07) is 16.2. The van der Waals surface area contributed by atoms with Gasteiger partial charge in [0.05, 0.1) is 24.1 Å². The Hall–Kier alpha value is -4.28. The fourth-order valence-corrected chi connectivity index (χ4v) is 4.70. The summed E-state index contributed by atoms with van der Waals surface area (Å²) in [5.74, 6) is -1.58. The average Bonchev–Trinajstić information content (AvgIpc) is 3.38. The standard InChI is InChI=1S/C24H29N5O2.C2H2O4/c1-31-20-10-8-19(9-11-20)27-13-15-28(16-14-27)23(30)18-5-4-12-29(17-18)24-25-21-6-2-3-7-22(21)26-24;3-1(4)2(5)6/h2-3,6-11,18H,4-5,12-17H2,1H3,(H,25,26);(H,3,4)(H,5,6). The zero-order valence-electron chi connectivity index (χ0n) is 20.7. The van der Waals surface area contributed by atoms with Crippen LogP contribution >= 0.6 is 0 Å². The van der Waals surface area contributed by atoms with E-state index in [1.54, 1.807) is 7.11 Å². The summed E-state index contributed by atoms with van der Waals surface area (Å²) in [6.45, 7) is 4.93. The van der Waals surface area contributed by atoms with Gasteiger partial charge in [0.1, 0.15) is 5.75 Å². The van der Waals surface area contributed by atoms with Crippen LogP contribution in [0.5, 0.6) is 5.75 Å². The van der Waals surface area contributed by atoms with Crippen molar-refractivity contribution < 1.29 is 29.3 Å². The number of carbonyl (C=O) groups is 3. The maximum Gasteiger partial charge on any atom is 0.414 e. The summed E-state index contributed by atoms with van der Waals surface area (Å²) in [5, 5.41) is 14.8. The molecule has 2 aliphatic heterocycles. The maximum atomic E-state index is 13.3. The van der Waals surface area contributed by atoms with E-state index in [2.05, 4.69) is 26.9 Å². The number of piperidine rings is 1. The lowest BCUT2D eigenvalue weighted by Gasteiger charge is -2.39. The lowest BCUT2D eigenvalue weighted by atomic mass is 9.96. The summed E-state index contributed by atoms with van der Waals surface area (Å²) in [7, 11) is 1.68. The van der Waals surface area contributed by atoms with Crippen LogP contribution in [0.25, 0.3) is 11.0 Å². The van der Waals surface area contributed by atoms with Crippen molar-refractivity contribution in [3.63, 3.8) is 0 Å². The minimum Gasteiger partial charge on any atom is -0.497 e. The fourth-order valence-electron chi connectivity index (χ4n) is 4.70. The predicted molar refractivity (Wildman–Crippen MR) is 138 cm³/mol. The van der Waals surface area contributed by atoms with E-state index in [1.165, 1.54) is 5.69 Å². The van der Waals surface area contributed by atoms with Gasteiger partial charge in [-0.05, 0) is 49.2 Å². The van der Waals surface area contributed by atoms with Gasteiger partial charge in [-0.1, -0.05) is 12.1 Å². The summed E-state index contributed by atoms with van der Waals surface area (Å²) >= 11 is 0. The molecular weight excluding hydrogens is 478 g/mol. The van der Waals surface area contributed by atoms with Gasteiger partial charge in [0.2, 0.25) is 11.9 Å². The van der Waals surface area contributed by atoms with Crippen LogP contribution in [0.3, 0.4) is 0 Å². The Balaban J connectivity index is 0.000000480. The van der Waals surface area contributed by atoms with Crippen molar-refractivity contribution in [1.82, 2.24) is 14.9 Å². The Morgan fingerprint density at radius 3 is 2.22 bits per heavy atom. The Labute approximate surface area is 214 Å². The van der Waals surface area contributed by atoms with E-state index in [0.717, 1.165) is 74.8 Å². The average molecular weight is 510 g/mol. The number of carboxylic acid groups (broad SMARTS) is 2. The number of benzene rings is 2. The van der Waals surface area contributed by atoms with Crippen molar-refractivity contribution in [3.8, 4) is 5.75 Å². The molecule has 0 bridgehead atoms. The number of anilines is 2. The second kappa shape index (κ2) is 11.6. The van der Waals surface area contributed by atoms with E-state index < -0.39 is 11.9 Å². The molecule has 37 heavy (non-hydrogen) atoms. The molecule has 11 nitrogen and oxygen atoms in total. The van der Waals surface area contributed by atoms with Gasteiger partial charge in [-0.2, -0.15) is 0 Å². The number of imidazole rings is 1. The quantitative estimate of drug-likeness (QED) is 0.452. The van der Waals surface area contributed by atoms with E-state index in [4.69, 9.17) is 29.5 Å². The van der Waals surface area contributed by atoms with E-state index in [-0.39, 0.29) is 11.8 Å². The number of amides is 1. The highest BCUT2D eigenvalue weighted by Gasteiger charge is 2.32. The number of rotatable bonds is 4. The molecule has 1 amide bonds. The first-order valence-corrected chi connectivity index (χ1v) is 12.2. The van der Waals surface area contributed by atoms with Crippen LogP contribution in [0.1, 0.15) is 12.8 Å². The first kappa shape index (κ1) is 25.8. The molecule has 2 aliphatic rings. The van der Waals surface area contributed by atoms with E-state index in [1.807, 2.05) is 41.3 Å². The molecule has 2 saturated heterocycles. The molecule has 5 rings (SSSR count). The molecular formula is C26H31N5O6. The number of carbonyl (C=O) groups excluding carboxylic acids is 1. The van der Waals surface area contributed by atoms with E-state index in [0.29, 0.717) is 0 Å². The molecule has 1 unspecified atom stereocenters. The van der Waals surface area contributed by atoms with E-state index >= 15 is 0 Å². The van der Waals surface area contributed by atoms with Gasteiger partial charge < -0.3 is 34.6 Å². The topological polar surface area (TPSA) is 139 Å². The smallest absolute Gasteiger partial charge is 0.414 e. The molecule has 3 N–H and O–H groups in total. The first-order chi connectivity index (χ1) is 17.9. The molecule has 11 heteroatoms. The van der Waals surface area contributed by atoms with Gasteiger partial charge in [-0.15, -0.1) is 0 Å². The normalized spacial score (nSPS) is 17.6. The third-order valence-electron chi connectivity index (χ3n) is 6.66. The fraction of sp³-hybridized carbons (Fsp3) is 0.385. The summed E-state index contributed by atoms with van der Waals surface area (Å²) < 4.78 is 5.25. The number of hydrogen-bond acceptors (Lipinski definition) is 7. The number of nitrogens with zero attached hydrogens (tertiary/aromatic N) is 4. The molecule has 0 radical (unpaired) electrons. The van der Waals surface area contributed by atoms with Crippen LogP contribution in [0.15, 0.2) is 48.5 Å². The molecule has 2 fully saturated rings. The second-order valence-electron chi connectivity index (χ2n) is 8.98. The molecule has 0 saturated carbocycles. The number of hydrogen-bond donors (Lipinski definition) is 3. The van der Waals surface area contributed by atoms with Crippen LogP contribution in [0, 0.1) is 5.92 Å². The van der Waals surface area contributed by atoms with Crippen LogP contribution in [0.2, 0.25) is 0 Å². The monoisotopic (exact) mass is 509 g/mol. The molecule has 196 valence electrons. The lowest BCUT2D eigenvalue weighted by Crippen LogP contribution is -2.52. The third kappa shape index (κ3) is 6.29. The van der Waals surface area contributed by atoms with Gasteiger partial charge >= 0.3 is 11.9 Å². The van der Waals surface area contributed by atoms with Crippen molar-refractivity contribution in [2.45, 2.75) is 12.8 Å². The van der Waals surface area contributed by atoms with Gasteiger partial charge in [0.25, 0.3) is 0 Å². The van der Waals surface area contributed by atoms with Gasteiger partial charge in [-0.3, -0.25) is 4.79 Å². The highest BCUT2D eigenvalue weighted by Crippen LogP contribution is 2.26. The zero-order valence-corrected chi connectivity index (χ0v) is 20.7. The number of H-pyrrole nitrogens is 1. The highest BCUT2D eigenvalue weighted by atomic mass is 16.5. The Kier molecular flexibility index (Phi) is 8.11. The van der Waals surface area contributed by atoms with Gasteiger partial charge in [0.15, 0.2) is 0 Å². The highest BCUT2D eigenvalue weighted by molar-refractivity contribution is 6.27. The number of nitrogens with one attached hydrogen (secondary N) is 1. The van der Waals surface area contributed by atoms with Crippen LogP contribution in [0.4, 0.5) is 11.6 Å². The third-order valence-corrected chi connectivity index (χ3v) is 6.66. The number of ether oxygens (including phenoxy) is 1. The molecule has 2 aromatic carbocycles. The van der Waals surface area contributed by atoms with Crippen LogP contribution in [-0.2, 0) is 14.4 Å². The SMILES string of the molecule is COc1ccc(N2CCN(C(=O)C3CCCN(c4nc5ccccc5[nH]4)C3)CC2)cc1.O=C(O)C(=O)O. The van der Waals surface area contributed by atoms with Gasteiger partial charge in [0, 0.05) is 45.0 Å². The lowest BCUT2D eigenvalue weighted by molar-refractivity contribution is -0.159. The van der Waals surface area contributed by atoms with Crippen LogP contribution in [-0.4, -0.2) is 89.3 Å². The molecule has 0 spiro atoms. The van der Waals surface area contributed by atoms with Gasteiger partial charge in [-0.25, -0.2) is 14.6 Å². The number of para-hydroxylation sites is 2. The van der Waals surface area contributed by atoms with Crippen molar-refractivity contribution in [2.24, 2.45) is 5.92 Å². The maximum absolute atomic E-state index is 13.3.